The van der Waals surface area contributed by atoms with Crippen LogP contribution in [-0.2, 0) is 4.79 Å². The fourth-order valence-corrected chi connectivity index (χ4v) is 3.52. The fraction of sp³-hybridized carbons (Fsp3) is 0.263. The second kappa shape index (κ2) is 6.22. The molecule has 1 fully saturated rings. The van der Waals surface area contributed by atoms with Crippen LogP contribution in [-0.4, -0.2) is 29.4 Å². The highest BCUT2D eigenvalue weighted by atomic mass is 16.2. The Bertz CT molecular complexity index is 970. The summed E-state index contributed by atoms with van der Waals surface area (Å²) in [5.41, 5.74) is 8.24. The summed E-state index contributed by atoms with van der Waals surface area (Å²) in [5, 5.41) is 8.15. The Labute approximate surface area is 144 Å². The van der Waals surface area contributed by atoms with Crippen molar-refractivity contribution < 1.29 is 9.59 Å². The molecule has 128 valence electrons. The number of primary amides is 1. The normalized spacial score (nSPS) is 17.7. The third-order valence-corrected chi connectivity index (χ3v) is 4.79. The molecule has 6 heteroatoms. The van der Waals surface area contributed by atoms with E-state index >= 15 is 0 Å². The number of para-hydroxylation sites is 1. The molecule has 1 saturated heterocycles. The standard InChI is InChI=1S/C19H20N4O2/c20-18(24)14-5-3-4-13-12-8-7-11(10-16(12)23-17(13)14)22-19(25)15-6-1-2-9-21-15/h3-5,7-8,10,15,21,23H,1-2,6,9H2,(H2,20,24)(H,22,25)/t15-/m1/s1. The molecule has 0 saturated carbocycles. The van der Waals surface area contributed by atoms with Gasteiger partial charge in [-0.3, -0.25) is 9.59 Å². The highest BCUT2D eigenvalue weighted by Crippen LogP contribution is 2.29. The van der Waals surface area contributed by atoms with Gasteiger partial charge in [-0.05, 0) is 37.6 Å². The zero-order chi connectivity index (χ0) is 17.4. The number of anilines is 1. The van der Waals surface area contributed by atoms with Crippen LogP contribution in [0.1, 0.15) is 29.6 Å². The van der Waals surface area contributed by atoms with E-state index in [9.17, 15) is 9.59 Å². The zero-order valence-corrected chi connectivity index (χ0v) is 13.8. The number of rotatable bonds is 3. The number of nitrogens with two attached hydrogens (primary N) is 1. The summed E-state index contributed by atoms with van der Waals surface area (Å²) in [6.45, 7) is 0.884. The molecule has 1 aromatic heterocycles. The van der Waals surface area contributed by atoms with Crippen molar-refractivity contribution in [2.45, 2.75) is 25.3 Å². The highest BCUT2D eigenvalue weighted by Gasteiger charge is 2.20. The third kappa shape index (κ3) is 2.85. The van der Waals surface area contributed by atoms with Gasteiger partial charge in [0.05, 0.1) is 17.1 Å². The summed E-state index contributed by atoms with van der Waals surface area (Å²) in [6.07, 6.45) is 3.05. The lowest BCUT2D eigenvalue weighted by Gasteiger charge is -2.22. The van der Waals surface area contributed by atoms with Gasteiger partial charge in [-0.1, -0.05) is 24.6 Å². The summed E-state index contributed by atoms with van der Waals surface area (Å²) in [5.74, 6) is -0.470. The Morgan fingerprint density at radius 1 is 1.12 bits per heavy atom. The second-order valence-electron chi connectivity index (χ2n) is 6.47. The van der Waals surface area contributed by atoms with Crippen LogP contribution in [0.2, 0.25) is 0 Å². The summed E-state index contributed by atoms with van der Waals surface area (Å²) in [4.78, 5) is 27.2. The van der Waals surface area contributed by atoms with Gasteiger partial charge in [0, 0.05) is 22.0 Å². The molecule has 3 aromatic rings. The van der Waals surface area contributed by atoms with E-state index in [0.29, 0.717) is 5.56 Å². The van der Waals surface area contributed by atoms with Crippen molar-refractivity contribution in [3.8, 4) is 0 Å². The molecule has 2 aromatic carbocycles. The lowest BCUT2D eigenvalue weighted by Crippen LogP contribution is -2.43. The Hall–Kier alpha value is -2.86. The van der Waals surface area contributed by atoms with Gasteiger partial charge in [0.2, 0.25) is 5.91 Å². The molecule has 5 N–H and O–H groups in total. The molecular weight excluding hydrogens is 316 g/mol. The first-order valence-corrected chi connectivity index (χ1v) is 8.52. The minimum absolute atomic E-state index is 0.00649. The molecule has 0 bridgehead atoms. The second-order valence-corrected chi connectivity index (χ2v) is 6.47. The SMILES string of the molecule is NC(=O)c1cccc2c1[nH]c1cc(NC(=O)[C@H]3CCCCN3)ccc12. The van der Waals surface area contributed by atoms with Crippen molar-refractivity contribution in [3.05, 3.63) is 42.0 Å². The van der Waals surface area contributed by atoms with E-state index < -0.39 is 5.91 Å². The molecule has 25 heavy (non-hydrogen) atoms. The van der Waals surface area contributed by atoms with Gasteiger partial charge >= 0.3 is 0 Å². The van der Waals surface area contributed by atoms with Crippen LogP contribution in [0.25, 0.3) is 21.8 Å². The van der Waals surface area contributed by atoms with Gasteiger partial charge < -0.3 is 21.4 Å². The minimum Gasteiger partial charge on any atom is -0.366 e. The lowest BCUT2D eigenvalue weighted by atomic mass is 10.0. The highest BCUT2D eigenvalue weighted by molar-refractivity contribution is 6.15. The lowest BCUT2D eigenvalue weighted by molar-refractivity contribution is -0.118. The van der Waals surface area contributed by atoms with Crippen molar-refractivity contribution in [1.82, 2.24) is 10.3 Å². The summed E-state index contributed by atoms with van der Waals surface area (Å²) >= 11 is 0. The molecule has 4 rings (SSSR count). The number of hydrogen-bond donors (Lipinski definition) is 4. The average molecular weight is 336 g/mol. The van der Waals surface area contributed by atoms with Crippen molar-refractivity contribution in [2.24, 2.45) is 5.73 Å². The molecule has 2 amide bonds. The topological polar surface area (TPSA) is 100 Å². The number of aromatic amines is 1. The first-order chi connectivity index (χ1) is 12.1. The maximum absolute atomic E-state index is 12.4. The molecule has 0 spiro atoms. The van der Waals surface area contributed by atoms with Crippen molar-refractivity contribution in [1.29, 1.82) is 0 Å². The number of amides is 2. The van der Waals surface area contributed by atoms with Gasteiger partial charge in [0.25, 0.3) is 5.91 Å². The molecule has 1 aliphatic heterocycles. The Morgan fingerprint density at radius 3 is 2.76 bits per heavy atom. The van der Waals surface area contributed by atoms with Crippen molar-refractivity contribution >= 4 is 39.3 Å². The van der Waals surface area contributed by atoms with Gasteiger partial charge in [-0.2, -0.15) is 0 Å². The maximum Gasteiger partial charge on any atom is 0.250 e. The first kappa shape index (κ1) is 15.7. The van der Waals surface area contributed by atoms with Crippen LogP contribution in [0.5, 0.6) is 0 Å². The number of piperidine rings is 1. The molecule has 1 atom stereocenters. The molecule has 6 nitrogen and oxygen atoms in total. The quantitative estimate of drug-likeness (QED) is 0.591. The number of benzene rings is 2. The Balaban J connectivity index is 1.68. The number of carbonyl (C=O) groups excluding carboxylic acids is 2. The Kier molecular flexibility index (Phi) is 3.89. The molecular formula is C19H20N4O2. The molecule has 1 aliphatic rings. The summed E-state index contributed by atoms with van der Waals surface area (Å²) < 4.78 is 0. The smallest absolute Gasteiger partial charge is 0.250 e. The minimum atomic E-state index is -0.464. The number of nitrogens with one attached hydrogen (secondary N) is 3. The molecule has 0 aliphatic carbocycles. The monoisotopic (exact) mass is 336 g/mol. The van der Waals surface area contributed by atoms with E-state index in [4.69, 9.17) is 5.73 Å². The molecule has 2 heterocycles. The van der Waals surface area contributed by atoms with E-state index in [0.717, 1.165) is 53.3 Å². The fourth-order valence-electron chi connectivity index (χ4n) is 3.52. The third-order valence-electron chi connectivity index (χ3n) is 4.79. The van der Waals surface area contributed by atoms with Crippen LogP contribution in [0.3, 0.4) is 0 Å². The van der Waals surface area contributed by atoms with Crippen LogP contribution in [0.4, 0.5) is 5.69 Å². The zero-order valence-electron chi connectivity index (χ0n) is 13.8. The Morgan fingerprint density at radius 2 is 2.00 bits per heavy atom. The number of H-pyrrole nitrogens is 1. The van der Waals surface area contributed by atoms with Crippen molar-refractivity contribution in [3.63, 3.8) is 0 Å². The molecule has 0 radical (unpaired) electrons. The van der Waals surface area contributed by atoms with E-state index in [1.54, 1.807) is 6.07 Å². The van der Waals surface area contributed by atoms with Crippen molar-refractivity contribution in [2.75, 3.05) is 11.9 Å². The number of fused-ring (bicyclic) bond motifs is 3. The van der Waals surface area contributed by atoms with E-state index in [1.807, 2.05) is 30.3 Å². The van der Waals surface area contributed by atoms with Gasteiger partial charge in [-0.25, -0.2) is 0 Å². The summed E-state index contributed by atoms with van der Waals surface area (Å²) in [7, 11) is 0. The first-order valence-electron chi connectivity index (χ1n) is 8.52. The number of aromatic nitrogens is 1. The number of hydrogen-bond acceptors (Lipinski definition) is 3. The average Bonchev–Trinajstić information content (AvgIpc) is 3.00. The van der Waals surface area contributed by atoms with Gasteiger partial charge in [-0.15, -0.1) is 0 Å². The van der Waals surface area contributed by atoms with Gasteiger partial charge in [0.1, 0.15) is 0 Å². The largest absolute Gasteiger partial charge is 0.366 e. The van der Waals surface area contributed by atoms with E-state index in [2.05, 4.69) is 15.6 Å². The van der Waals surface area contributed by atoms with Crippen LogP contribution >= 0.6 is 0 Å². The maximum atomic E-state index is 12.4. The van der Waals surface area contributed by atoms with E-state index in [1.165, 1.54) is 0 Å². The summed E-state index contributed by atoms with van der Waals surface area (Å²) in [6, 6.07) is 11.1. The molecule has 0 unspecified atom stereocenters. The van der Waals surface area contributed by atoms with Crippen LogP contribution in [0.15, 0.2) is 36.4 Å². The van der Waals surface area contributed by atoms with E-state index in [-0.39, 0.29) is 11.9 Å². The van der Waals surface area contributed by atoms with Gasteiger partial charge in [0.15, 0.2) is 0 Å². The number of carbonyl (C=O) groups is 2. The van der Waals surface area contributed by atoms with Crippen LogP contribution in [0, 0.1) is 0 Å². The van der Waals surface area contributed by atoms with Crippen LogP contribution < -0.4 is 16.4 Å². The predicted molar refractivity (Wildman–Crippen MR) is 98.6 cm³/mol. The predicted octanol–water partition coefficient (Wildman–Crippen LogP) is 2.50.